The summed E-state index contributed by atoms with van der Waals surface area (Å²) in [5.74, 6) is 3.56. The molecule has 0 fully saturated rings. The first-order valence-electron chi connectivity index (χ1n) is 11.3. The largest absolute Gasteiger partial charge is 0.493 e. The summed E-state index contributed by atoms with van der Waals surface area (Å²) in [4.78, 5) is 0. The van der Waals surface area contributed by atoms with E-state index in [2.05, 4.69) is 40.7 Å². The van der Waals surface area contributed by atoms with Crippen molar-refractivity contribution in [1.82, 2.24) is 14.8 Å². The fourth-order valence-electron chi connectivity index (χ4n) is 3.47. The fraction of sp³-hybridized carbons (Fsp3) is 0.259. The standard InChI is InChI=1S/C27H28ClN3O2S/c1-19(2)21-9-13-25(14-10-21)33-20(3)26-29-30-27(31(26)23-7-5-4-6-8-23)34-18-17-32-24-15-11-22(28)12-16-24/h4-16,19-20H,17-18H2,1-3H3. The molecule has 0 saturated heterocycles. The van der Waals surface area contributed by atoms with Crippen molar-refractivity contribution in [3.63, 3.8) is 0 Å². The van der Waals surface area contributed by atoms with E-state index in [0.717, 1.165) is 33.9 Å². The second-order valence-corrected chi connectivity index (χ2v) is 9.64. The minimum atomic E-state index is -0.280. The summed E-state index contributed by atoms with van der Waals surface area (Å²) in [5.41, 5.74) is 2.28. The number of ether oxygens (including phenoxy) is 2. The van der Waals surface area contributed by atoms with Crippen LogP contribution >= 0.6 is 23.4 Å². The number of rotatable bonds is 10. The van der Waals surface area contributed by atoms with Crippen LogP contribution < -0.4 is 9.47 Å². The molecule has 4 rings (SSSR count). The first kappa shape index (κ1) is 24.2. The summed E-state index contributed by atoms with van der Waals surface area (Å²) in [7, 11) is 0. The average molecular weight is 494 g/mol. The van der Waals surface area contributed by atoms with E-state index >= 15 is 0 Å². The molecule has 176 valence electrons. The van der Waals surface area contributed by atoms with Crippen molar-refractivity contribution < 1.29 is 9.47 Å². The predicted molar refractivity (Wildman–Crippen MR) is 139 cm³/mol. The van der Waals surface area contributed by atoms with Gasteiger partial charge in [-0.15, -0.1) is 10.2 Å². The van der Waals surface area contributed by atoms with E-state index < -0.39 is 0 Å². The summed E-state index contributed by atoms with van der Waals surface area (Å²) < 4.78 is 14.1. The number of hydrogen-bond acceptors (Lipinski definition) is 5. The second kappa shape index (κ2) is 11.4. The Bertz CT molecular complexity index is 1180. The maximum atomic E-state index is 6.24. The van der Waals surface area contributed by atoms with E-state index in [9.17, 15) is 0 Å². The highest BCUT2D eigenvalue weighted by Crippen LogP contribution is 2.28. The zero-order valence-corrected chi connectivity index (χ0v) is 21.1. The average Bonchev–Trinajstić information content (AvgIpc) is 3.28. The summed E-state index contributed by atoms with van der Waals surface area (Å²) >= 11 is 7.54. The van der Waals surface area contributed by atoms with Crippen molar-refractivity contribution in [1.29, 1.82) is 0 Å². The number of thioether (sulfide) groups is 1. The van der Waals surface area contributed by atoms with Gasteiger partial charge in [0.05, 0.1) is 6.61 Å². The molecule has 3 aromatic carbocycles. The molecule has 1 unspecified atom stereocenters. The third kappa shape index (κ3) is 6.13. The maximum absolute atomic E-state index is 6.24. The van der Waals surface area contributed by atoms with Gasteiger partial charge < -0.3 is 9.47 Å². The van der Waals surface area contributed by atoms with Crippen molar-refractivity contribution >= 4 is 23.4 Å². The second-order valence-electron chi connectivity index (χ2n) is 8.15. The van der Waals surface area contributed by atoms with Gasteiger partial charge in [0.15, 0.2) is 17.1 Å². The van der Waals surface area contributed by atoms with E-state index in [1.54, 1.807) is 11.8 Å². The smallest absolute Gasteiger partial charge is 0.196 e. The first-order chi connectivity index (χ1) is 16.5. The maximum Gasteiger partial charge on any atom is 0.196 e. The van der Waals surface area contributed by atoms with Gasteiger partial charge in [0, 0.05) is 16.5 Å². The van der Waals surface area contributed by atoms with Crippen molar-refractivity contribution in [2.45, 2.75) is 37.9 Å². The molecular weight excluding hydrogens is 466 g/mol. The number of halogens is 1. The van der Waals surface area contributed by atoms with Crippen LogP contribution in [0.1, 0.15) is 44.2 Å². The molecule has 0 saturated carbocycles. The van der Waals surface area contributed by atoms with E-state index in [1.165, 1.54) is 5.56 Å². The number of benzene rings is 3. The number of para-hydroxylation sites is 1. The lowest BCUT2D eigenvalue weighted by atomic mass is 10.0. The molecule has 34 heavy (non-hydrogen) atoms. The Labute approximate surface area is 210 Å². The zero-order chi connectivity index (χ0) is 23.9. The third-order valence-corrected chi connectivity index (χ3v) is 6.44. The zero-order valence-electron chi connectivity index (χ0n) is 19.5. The minimum absolute atomic E-state index is 0.280. The molecule has 0 radical (unpaired) electrons. The molecule has 5 nitrogen and oxygen atoms in total. The molecule has 0 aliphatic carbocycles. The molecule has 0 aliphatic rings. The Morgan fingerprint density at radius 3 is 2.21 bits per heavy atom. The number of nitrogens with zero attached hydrogens (tertiary/aromatic N) is 3. The first-order valence-corrected chi connectivity index (χ1v) is 12.7. The quantitative estimate of drug-likeness (QED) is 0.171. The van der Waals surface area contributed by atoms with Gasteiger partial charge in [-0.3, -0.25) is 4.57 Å². The fourth-order valence-corrected chi connectivity index (χ4v) is 4.37. The number of aromatic nitrogens is 3. The SMILES string of the molecule is CC(C)c1ccc(OC(C)c2nnc(SCCOc3ccc(Cl)cc3)n2-c2ccccc2)cc1. The van der Waals surface area contributed by atoms with Crippen molar-refractivity contribution in [2.24, 2.45) is 0 Å². The molecule has 7 heteroatoms. The van der Waals surface area contributed by atoms with Gasteiger partial charge in [0.25, 0.3) is 0 Å². The molecule has 0 amide bonds. The van der Waals surface area contributed by atoms with Gasteiger partial charge >= 0.3 is 0 Å². The highest BCUT2D eigenvalue weighted by atomic mass is 35.5. The van der Waals surface area contributed by atoms with Crippen LogP contribution in [-0.2, 0) is 0 Å². The van der Waals surface area contributed by atoms with Gasteiger partial charge in [-0.1, -0.05) is 67.5 Å². The van der Waals surface area contributed by atoms with Crippen molar-refractivity contribution in [3.8, 4) is 17.2 Å². The van der Waals surface area contributed by atoms with Crippen molar-refractivity contribution in [2.75, 3.05) is 12.4 Å². The third-order valence-electron chi connectivity index (χ3n) is 5.29. The van der Waals surface area contributed by atoms with Crippen LogP contribution in [0.15, 0.2) is 84.0 Å². The van der Waals surface area contributed by atoms with Gasteiger partial charge in [0.2, 0.25) is 0 Å². The molecule has 4 aromatic rings. The summed E-state index contributed by atoms with van der Waals surface area (Å²) in [6.45, 7) is 6.90. The van der Waals surface area contributed by atoms with Crippen LogP contribution in [0.2, 0.25) is 5.02 Å². The van der Waals surface area contributed by atoms with Gasteiger partial charge in [0.1, 0.15) is 11.5 Å². The van der Waals surface area contributed by atoms with Crippen molar-refractivity contribution in [3.05, 3.63) is 95.3 Å². The molecule has 0 bridgehead atoms. The van der Waals surface area contributed by atoms with Crippen LogP contribution in [0.5, 0.6) is 11.5 Å². The monoisotopic (exact) mass is 493 g/mol. The highest BCUT2D eigenvalue weighted by molar-refractivity contribution is 7.99. The van der Waals surface area contributed by atoms with Crippen LogP contribution in [0.3, 0.4) is 0 Å². The summed E-state index contributed by atoms with van der Waals surface area (Å²) in [6, 6.07) is 25.7. The highest BCUT2D eigenvalue weighted by Gasteiger charge is 2.21. The van der Waals surface area contributed by atoms with E-state index in [-0.39, 0.29) is 6.10 Å². The molecule has 0 aliphatic heterocycles. The van der Waals surface area contributed by atoms with Crippen LogP contribution in [0, 0.1) is 0 Å². The topological polar surface area (TPSA) is 49.2 Å². The summed E-state index contributed by atoms with van der Waals surface area (Å²) in [5, 5.41) is 10.5. The normalized spacial score (nSPS) is 12.0. The van der Waals surface area contributed by atoms with Crippen LogP contribution in [0.4, 0.5) is 0 Å². The van der Waals surface area contributed by atoms with E-state index in [4.69, 9.17) is 21.1 Å². The lowest BCUT2D eigenvalue weighted by molar-refractivity contribution is 0.213. The lowest BCUT2D eigenvalue weighted by Gasteiger charge is -2.17. The Hall–Kier alpha value is -2.96. The molecule has 1 atom stereocenters. The minimum Gasteiger partial charge on any atom is -0.493 e. The Morgan fingerprint density at radius 1 is 0.853 bits per heavy atom. The lowest BCUT2D eigenvalue weighted by Crippen LogP contribution is -2.12. The Balaban J connectivity index is 1.48. The van der Waals surface area contributed by atoms with Gasteiger partial charge in [-0.25, -0.2) is 0 Å². The predicted octanol–water partition coefficient (Wildman–Crippen LogP) is 7.36. The molecule has 0 spiro atoms. The van der Waals surface area contributed by atoms with E-state index in [0.29, 0.717) is 17.5 Å². The van der Waals surface area contributed by atoms with E-state index in [1.807, 2.05) is 73.7 Å². The Kier molecular flexibility index (Phi) is 8.14. The van der Waals surface area contributed by atoms with Gasteiger partial charge in [-0.2, -0.15) is 0 Å². The van der Waals surface area contributed by atoms with Crippen LogP contribution in [-0.4, -0.2) is 27.1 Å². The number of hydrogen-bond donors (Lipinski definition) is 0. The van der Waals surface area contributed by atoms with Gasteiger partial charge in [-0.05, 0) is 66.9 Å². The molecule has 0 N–H and O–H groups in total. The van der Waals surface area contributed by atoms with Crippen LogP contribution in [0.25, 0.3) is 5.69 Å². The molecule has 1 aromatic heterocycles. The molecular formula is C27H28ClN3O2S. The Morgan fingerprint density at radius 2 is 1.53 bits per heavy atom. The summed E-state index contributed by atoms with van der Waals surface area (Å²) in [6.07, 6.45) is -0.280. The molecule has 1 heterocycles.